The minimum absolute atomic E-state index is 0.0385. The smallest absolute Gasteiger partial charge is 0.265 e. The summed E-state index contributed by atoms with van der Waals surface area (Å²) in [5.74, 6) is 6.20. The van der Waals surface area contributed by atoms with Gasteiger partial charge in [-0.1, -0.05) is 24.1 Å². The number of likely N-dealkylation sites (tertiary alicyclic amines) is 1. The lowest BCUT2D eigenvalue weighted by molar-refractivity contribution is -0.0386. The molecule has 2 aromatic rings. The van der Waals surface area contributed by atoms with Gasteiger partial charge in [0.05, 0.1) is 11.8 Å². The van der Waals surface area contributed by atoms with Crippen molar-refractivity contribution in [3.05, 3.63) is 52.0 Å². The fourth-order valence-corrected chi connectivity index (χ4v) is 4.24. The van der Waals surface area contributed by atoms with Gasteiger partial charge in [-0.05, 0) is 43.7 Å². The van der Waals surface area contributed by atoms with Gasteiger partial charge in [0.25, 0.3) is 5.91 Å². The molecular formula is C20H20N2O2S. The Morgan fingerprint density at radius 1 is 1.16 bits per heavy atom. The largest absolute Gasteiger partial charge is 0.375 e. The summed E-state index contributed by atoms with van der Waals surface area (Å²) in [7, 11) is 0. The second-order valence-electron chi connectivity index (χ2n) is 6.57. The van der Waals surface area contributed by atoms with E-state index in [1.54, 1.807) is 6.20 Å². The summed E-state index contributed by atoms with van der Waals surface area (Å²) < 4.78 is 5.93. The number of hydrogen-bond acceptors (Lipinski definition) is 4. The molecule has 0 radical (unpaired) electrons. The van der Waals surface area contributed by atoms with Crippen molar-refractivity contribution in [3.63, 3.8) is 0 Å². The summed E-state index contributed by atoms with van der Waals surface area (Å²) in [4.78, 5) is 19.6. The summed E-state index contributed by atoms with van der Waals surface area (Å²) in [6, 6.07) is 9.80. The van der Waals surface area contributed by atoms with Gasteiger partial charge in [-0.25, -0.2) is 4.98 Å². The van der Waals surface area contributed by atoms with E-state index in [9.17, 15) is 4.79 Å². The molecule has 2 aliphatic rings. The Kier molecular flexibility index (Phi) is 4.56. The van der Waals surface area contributed by atoms with Gasteiger partial charge in [-0.2, -0.15) is 0 Å². The van der Waals surface area contributed by atoms with E-state index < -0.39 is 0 Å². The summed E-state index contributed by atoms with van der Waals surface area (Å²) in [5.41, 5.74) is 0.986. The maximum atomic E-state index is 12.7. The molecule has 4 nitrogen and oxygen atoms in total. The van der Waals surface area contributed by atoms with Crippen LogP contribution < -0.4 is 0 Å². The third-order valence-corrected chi connectivity index (χ3v) is 5.85. The molecule has 128 valence electrons. The first-order valence-electron chi connectivity index (χ1n) is 8.70. The molecule has 0 N–H and O–H groups in total. The van der Waals surface area contributed by atoms with Gasteiger partial charge < -0.3 is 9.64 Å². The topological polar surface area (TPSA) is 42.4 Å². The number of thiazole rings is 1. The predicted molar refractivity (Wildman–Crippen MR) is 97.6 cm³/mol. The zero-order valence-corrected chi connectivity index (χ0v) is 14.8. The van der Waals surface area contributed by atoms with Crippen LogP contribution in [0.5, 0.6) is 0 Å². The molecular weight excluding hydrogens is 332 g/mol. The number of benzene rings is 1. The summed E-state index contributed by atoms with van der Waals surface area (Å²) >= 11 is 1.37. The number of ether oxygens (including phenoxy) is 1. The van der Waals surface area contributed by atoms with Crippen LogP contribution in [-0.2, 0) is 4.74 Å². The molecule has 0 atom stereocenters. The number of rotatable bonds is 1. The second-order valence-corrected chi connectivity index (χ2v) is 7.60. The molecule has 1 amide bonds. The number of carbonyl (C=O) groups is 1. The summed E-state index contributed by atoms with van der Waals surface area (Å²) in [6.45, 7) is 2.40. The average Bonchev–Trinajstić information content (AvgIpc) is 3.31. The maximum absolute atomic E-state index is 12.7. The van der Waals surface area contributed by atoms with Gasteiger partial charge >= 0.3 is 0 Å². The minimum Gasteiger partial charge on any atom is -0.375 e. The molecule has 1 aromatic heterocycles. The van der Waals surface area contributed by atoms with E-state index in [4.69, 9.17) is 4.74 Å². The molecule has 2 saturated heterocycles. The van der Waals surface area contributed by atoms with E-state index in [1.165, 1.54) is 11.3 Å². The van der Waals surface area contributed by atoms with Crippen molar-refractivity contribution in [2.75, 3.05) is 19.7 Å². The first kappa shape index (κ1) is 16.3. The lowest BCUT2D eigenvalue weighted by Gasteiger charge is -2.38. The van der Waals surface area contributed by atoms with Gasteiger partial charge in [0.1, 0.15) is 4.88 Å². The first-order valence-corrected chi connectivity index (χ1v) is 9.52. The number of hydrogen-bond donors (Lipinski definition) is 0. The molecule has 25 heavy (non-hydrogen) atoms. The number of amides is 1. The first-order chi connectivity index (χ1) is 12.2. The van der Waals surface area contributed by atoms with E-state index in [2.05, 4.69) is 16.8 Å². The highest BCUT2D eigenvalue weighted by molar-refractivity contribution is 7.14. The van der Waals surface area contributed by atoms with Crippen LogP contribution in [0.1, 0.15) is 45.9 Å². The number of carbonyl (C=O) groups excluding carboxylic acids is 1. The highest BCUT2D eigenvalue weighted by Crippen LogP contribution is 2.36. The zero-order chi connectivity index (χ0) is 17.1. The molecule has 0 bridgehead atoms. The average molecular weight is 352 g/mol. The van der Waals surface area contributed by atoms with Crippen molar-refractivity contribution in [1.82, 2.24) is 9.88 Å². The van der Waals surface area contributed by atoms with Gasteiger partial charge in [-0.15, -0.1) is 11.3 Å². The maximum Gasteiger partial charge on any atom is 0.265 e. The van der Waals surface area contributed by atoms with Gasteiger partial charge in [-0.3, -0.25) is 4.79 Å². The lowest BCUT2D eigenvalue weighted by atomic mass is 9.88. The molecule has 0 unspecified atom stereocenters. The predicted octanol–water partition coefficient (Wildman–Crippen LogP) is 3.33. The standard InChI is InChI=1S/C20H20N2O2S/c23-19(22-12-10-20(11-13-22)9-4-14-24-20)17-15-21-18(25-17)8-7-16-5-2-1-3-6-16/h1-3,5-6,15H,4,9-14H2. The van der Waals surface area contributed by atoms with Crippen LogP contribution >= 0.6 is 11.3 Å². The van der Waals surface area contributed by atoms with Crippen molar-refractivity contribution in [3.8, 4) is 11.8 Å². The Morgan fingerprint density at radius 3 is 2.68 bits per heavy atom. The lowest BCUT2D eigenvalue weighted by Crippen LogP contribution is -2.46. The molecule has 5 heteroatoms. The number of nitrogens with zero attached hydrogens (tertiary/aromatic N) is 2. The summed E-state index contributed by atoms with van der Waals surface area (Å²) in [6.07, 6.45) is 5.82. The van der Waals surface area contributed by atoms with E-state index in [0.29, 0.717) is 9.88 Å². The highest BCUT2D eigenvalue weighted by Gasteiger charge is 2.39. The van der Waals surface area contributed by atoms with E-state index in [1.807, 2.05) is 35.2 Å². The van der Waals surface area contributed by atoms with Crippen molar-refractivity contribution in [2.24, 2.45) is 0 Å². The molecule has 1 spiro atoms. The Hall–Kier alpha value is -2.16. The van der Waals surface area contributed by atoms with Crippen molar-refractivity contribution in [1.29, 1.82) is 0 Å². The molecule has 3 heterocycles. The minimum atomic E-state index is 0.0385. The SMILES string of the molecule is O=C(c1cnc(C#Cc2ccccc2)s1)N1CCC2(CCCO2)CC1. The van der Waals surface area contributed by atoms with Crippen molar-refractivity contribution >= 4 is 17.2 Å². The Labute approximate surface area is 151 Å². The van der Waals surface area contributed by atoms with E-state index in [-0.39, 0.29) is 11.5 Å². The second kappa shape index (κ2) is 6.99. The third-order valence-electron chi connectivity index (χ3n) is 4.95. The van der Waals surface area contributed by atoms with Gasteiger partial charge in [0.15, 0.2) is 5.01 Å². The van der Waals surface area contributed by atoms with Crippen molar-refractivity contribution < 1.29 is 9.53 Å². The van der Waals surface area contributed by atoms with Crippen LogP contribution in [0, 0.1) is 11.8 Å². The molecule has 2 aliphatic heterocycles. The van der Waals surface area contributed by atoms with Gasteiger partial charge in [0.2, 0.25) is 0 Å². The molecule has 1 aromatic carbocycles. The van der Waals surface area contributed by atoms with Crippen molar-refractivity contribution in [2.45, 2.75) is 31.3 Å². The number of piperidine rings is 1. The van der Waals surface area contributed by atoms with E-state index >= 15 is 0 Å². The molecule has 0 saturated carbocycles. The summed E-state index contributed by atoms with van der Waals surface area (Å²) in [5, 5.41) is 0.680. The zero-order valence-electron chi connectivity index (χ0n) is 14.0. The molecule has 2 fully saturated rings. The van der Waals surface area contributed by atoms with Crippen LogP contribution in [0.15, 0.2) is 36.5 Å². The quantitative estimate of drug-likeness (QED) is 0.740. The molecule has 0 aliphatic carbocycles. The fourth-order valence-electron chi connectivity index (χ4n) is 3.50. The Morgan fingerprint density at radius 2 is 1.96 bits per heavy atom. The highest BCUT2D eigenvalue weighted by atomic mass is 32.1. The van der Waals surface area contributed by atoms with Crippen LogP contribution in [0.3, 0.4) is 0 Å². The third kappa shape index (κ3) is 3.60. The van der Waals surface area contributed by atoms with Crippen LogP contribution in [0.2, 0.25) is 0 Å². The van der Waals surface area contributed by atoms with Crippen LogP contribution in [0.25, 0.3) is 0 Å². The fraction of sp³-hybridized carbons (Fsp3) is 0.400. The normalized spacial score (nSPS) is 18.8. The van der Waals surface area contributed by atoms with E-state index in [0.717, 1.165) is 50.9 Å². The Balaban J connectivity index is 1.40. The number of aromatic nitrogens is 1. The van der Waals surface area contributed by atoms with Crippen LogP contribution in [0.4, 0.5) is 0 Å². The Bertz CT molecular complexity index is 803. The van der Waals surface area contributed by atoms with Crippen LogP contribution in [-0.4, -0.2) is 41.1 Å². The monoisotopic (exact) mass is 352 g/mol. The van der Waals surface area contributed by atoms with Gasteiger partial charge in [0, 0.05) is 25.3 Å². The molecule has 4 rings (SSSR count).